The van der Waals surface area contributed by atoms with Crippen LogP contribution in [0.5, 0.6) is 0 Å². The molecule has 0 saturated carbocycles. The summed E-state index contributed by atoms with van der Waals surface area (Å²) in [4.78, 5) is 11.4. The molecule has 0 radical (unpaired) electrons. The maximum absolute atomic E-state index is 12.9. The van der Waals surface area contributed by atoms with E-state index in [0.29, 0.717) is 6.54 Å². The van der Waals surface area contributed by atoms with Crippen molar-refractivity contribution in [3.63, 3.8) is 0 Å². The Bertz CT molecular complexity index is 519. The van der Waals surface area contributed by atoms with E-state index in [-0.39, 0.29) is 11.4 Å². The highest BCUT2D eigenvalue weighted by Gasteiger charge is 1.97. The summed E-state index contributed by atoms with van der Waals surface area (Å²) < 4.78 is 14.4. The van der Waals surface area contributed by atoms with Crippen molar-refractivity contribution in [2.75, 3.05) is 0 Å². The second-order valence-corrected chi connectivity index (χ2v) is 3.30. The topological polar surface area (TPSA) is 22.0 Å². The van der Waals surface area contributed by atoms with Gasteiger partial charge in [0.1, 0.15) is 5.82 Å². The lowest BCUT2D eigenvalue weighted by molar-refractivity contribution is 0.623. The van der Waals surface area contributed by atoms with Gasteiger partial charge in [0, 0.05) is 12.3 Å². The molecule has 15 heavy (non-hydrogen) atoms. The van der Waals surface area contributed by atoms with E-state index in [9.17, 15) is 9.18 Å². The van der Waals surface area contributed by atoms with Gasteiger partial charge in [0.15, 0.2) is 0 Å². The molecule has 1 aromatic carbocycles. The SMILES string of the molecule is O=c1ccccn1Cc1cccc(F)c1. The Morgan fingerprint density at radius 3 is 2.73 bits per heavy atom. The largest absolute Gasteiger partial charge is 0.311 e. The monoisotopic (exact) mass is 203 g/mol. The van der Waals surface area contributed by atoms with E-state index in [4.69, 9.17) is 0 Å². The lowest BCUT2D eigenvalue weighted by Gasteiger charge is -2.04. The highest BCUT2D eigenvalue weighted by molar-refractivity contribution is 5.16. The zero-order valence-electron chi connectivity index (χ0n) is 8.06. The Kier molecular flexibility index (Phi) is 2.63. The summed E-state index contributed by atoms with van der Waals surface area (Å²) in [7, 11) is 0. The van der Waals surface area contributed by atoms with Crippen LogP contribution >= 0.6 is 0 Å². The van der Waals surface area contributed by atoms with E-state index in [1.54, 1.807) is 30.5 Å². The van der Waals surface area contributed by atoms with E-state index in [1.165, 1.54) is 22.8 Å². The average Bonchev–Trinajstić information content (AvgIpc) is 2.22. The normalized spacial score (nSPS) is 10.2. The maximum atomic E-state index is 12.9. The number of aromatic nitrogens is 1. The van der Waals surface area contributed by atoms with E-state index < -0.39 is 0 Å². The molecule has 76 valence electrons. The number of benzene rings is 1. The van der Waals surface area contributed by atoms with Crippen molar-refractivity contribution >= 4 is 0 Å². The second-order valence-electron chi connectivity index (χ2n) is 3.30. The van der Waals surface area contributed by atoms with E-state index in [0.717, 1.165) is 5.56 Å². The molecule has 0 bridgehead atoms. The molecule has 1 aromatic heterocycles. The first-order valence-corrected chi connectivity index (χ1v) is 4.65. The number of hydrogen-bond donors (Lipinski definition) is 0. The van der Waals surface area contributed by atoms with Crippen LogP contribution in [-0.2, 0) is 6.54 Å². The summed E-state index contributed by atoms with van der Waals surface area (Å²) in [6.45, 7) is 0.400. The summed E-state index contributed by atoms with van der Waals surface area (Å²) >= 11 is 0. The molecule has 2 aromatic rings. The molecular weight excluding hydrogens is 193 g/mol. The highest BCUT2D eigenvalue weighted by Crippen LogP contribution is 2.04. The number of nitrogens with zero attached hydrogens (tertiary/aromatic N) is 1. The molecule has 0 unspecified atom stereocenters. The molecule has 0 aliphatic rings. The molecule has 0 saturated heterocycles. The van der Waals surface area contributed by atoms with Crippen molar-refractivity contribution in [2.45, 2.75) is 6.54 Å². The summed E-state index contributed by atoms with van der Waals surface area (Å²) in [5.74, 6) is -0.281. The smallest absolute Gasteiger partial charge is 0.250 e. The van der Waals surface area contributed by atoms with Gasteiger partial charge in [-0.15, -0.1) is 0 Å². The van der Waals surface area contributed by atoms with E-state index >= 15 is 0 Å². The molecule has 2 rings (SSSR count). The summed E-state index contributed by atoms with van der Waals surface area (Å²) in [6.07, 6.45) is 1.69. The molecular formula is C12H10FNO. The van der Waals surface area contributed by atoms with Gasteiger partial charge in [0.2, 0.25) is 0 Å². The van der Waals surface area contributed by atoms with Crippen LogP contribution in [0.4, 0.5) is 4.39 Å². The van der Waals surface area contributed by atoms with Crippen molar-refractivity contribution in [2.24, 2.45) is 0 Å². The summed E-state index contributed by atoms with van der Waals surface area (Å²) in [5, 5.41) is 0. The highest BCUT2D eigenvalue weighted by atomic mass is 19.1. The molecule has 0 aliphatic carbocycles. The van der Waals surface area contributed by atoms with Crippen LogP contribution in [-0.4, -0.2) is 4.57 Å². The standard InChI is InChI=1S/C12H10FNO/c13-11-5-3-4-10(8-11)9-14-7-2-1-6-12(14)15/h1-8H,9H2. The third kappa shape index (κ3) is 2.31. The molecule has 0 atom stereocenters. The predicted molar refractivity (Wildman–Crippen MR) is 56.2 cm³/mol. The number of halogens is 1. The van der Waals surface area contributed by atoms with Crippen molar-refractivity contribution in [1.82, 2.24) is 4.57 Å². The first-order chi connectivity index (χ1) is 7.25. The van der Waals surface area contributed by atoms with E-state index in [2.05, 4.69) is 0 Å². The fraction of sp³-hybridized carbons (Fsp3) is 0.0833. The Balaban J connectivity index is 2.30. The molecule has 3 heteroatoms. The van der Waals surface area contributed by atoms with Crippen LogP contribution in [0.25, 0.3) is 0 Å². The maximum Gasteiger partial charge on any atom is 0.250 e. The Morgan fingerprint density at radius 2 is 2.00 bits per heavy atom. The predicted octanol–water partition coefficient (Wildman–Crippen LogP) is 2.04. The molecule has 0 amide bonds. The number of pyridine rings is 1. The van der Waals surface area contributed by atoms with Crippen LogP contribution in [0, 0.1) is 5.82 Å². The van der Waals surface area contributed by atoms with Crippen molar-refractivity contribution in [3.8, 4) is 0 Å². The lowest BCUT2D eigenvalue weighted by atomic mass is 10.2. The second kappa shape index (κ2) is 4.09. The first-order valence-electron chi connectivity index (χ1n) is 4.65. The molecule has 0 fully saturated rings. The molecule has 1 heterocycles. The minimum absolute atomic E-state index is 0.0817. The number of rotatable bonds is 2. The summed E-state index contributed by atoms with van der Waals surface area (Å²) in [5.41, 5.74) is 0.699. The van der Waals surface area contributed by atoms with E-state index in [1.807, 2.05) is 0 Å². The Labute approximate surface area is 86.6 Å². The van der Waals surface area contributed by atoms with Crippen LogP contribution in [0.1, 0.15) is 5.56 Å². The zero-order valence-corrected chi connectivity index (χ0v) is 8.06. The van der Waals surface area contributed by atoms with Crippen LogP contribution < -0.4 is 5.56 Å². The van der Waals surface area contributed by atoms with Crippen molar-refractivity contribution < 1.29 is 4.39 Å². The molecule has 0 N–H and O–H groups in total. The van der Waals surface area contributed by atoms with Gasteiger partial charge >= 0.3 is 0 Å². The van der Waals surface area contributed by atoms with Crippen LogP contribution in [0.15, 0.2) is 53.5 Å². The molecule has 0 spiro atoms. The van der Waals surface area contributed by atoms with Gasteiger partial charge < -0.3 is 4.57 Å². The van der Waals surface area contributed by atoms with Crippen LogP contribution in [0.2, 0.25) is 0 Å². The average molecular weight is 203 g/mol. The third-order valence-corrected chi connectivity index (χ3v) is 2.14. The number of hydrogen-bond acceptors (Lipinski definition) is 1. The minimum Gasteiger partial charge on any atom is -0.311 e. The summed E-state index contributed by atoms with van der Waals surface area (Å²) in [6, 6.07) is 11.2. The van der Waals surface area contributed by atoms with Crippen molar-refractivity contribution in [3.05, 3.63) is 70.4 Å². The molecule has 2 nitrogen and oxygen atoms in total. The van der Waals surface area contributed by atoms with Gasteiger partial charge in [-0.1, -0.05) is 18.2 Å². The van der Waals surface area contributed by atoms with Gasteiger partial charge in [-0.2, -0.15) is 0 Å². The lowest BCUT2D eigenvalue weighted by Crippen LogP contribution is -2.18. The fourth-order valence-corrected chi connectivity index (χ4v) is 1.42. The molecule has 0 aliphatic heterocycles. The third-order valence-electron chi connectivity index (χ3n) is 2.14. The first kappa shape index (κ1) is 9.65. The van der Waals surface area contributed by atoms with Gasteiger partial charge in [-0.05, 0) is 23.8 Å². The van der Waals surface area contributed by atoms with Gasteiger partial charge in [-0.25, -0.2) is 4.39 Å². The Hall–Kier alpha value is -1.90. The Morgan fingerprint density at radius 1 is 1.13 bits per heavy atom. The van der Waals surface area contributed by atoms with Gasteiger partial charge in [0.25, 0.3) is 5.56 Å². The fourth-order valence-electron chi connectivity index (χ4n) is 1.42. The quantitative estimate of drug-likeness (QED) is 0.732. The minimum atomic E-state index is -0.281. The van der Waals surface area contributed by atoms with Gasteiger partial charge in [-0.3, -0.25) is 4.79 Å². The van der Waals surface area contributed by atoms with Crippen molar-refractivity contribution in [1.29, 1.82) is 0 Å². The van der Waals surface area contributed by atoms with Gasteiger partial charge in [0.05, 0.1) is 6.54 Å². The van der Waals surface area contributed by atoms with Crippen LogP contribution in [0.3, 0.4) is 0 Å². The zero-order chi connectivity index (χ0) is 10.7.